The molecule has 1 fully saturated rings. The molecule has 0 saturated heterocycles. The molecule has 0 aromatic heterocycles. The number of hydrogen-bond acceptors (Lipinski definition) is 5. The molecule has 7 heteroatoms. The number of fused-ring (bicyclic) bond motifs is 1. The molecule has 0 unspecified atom stereocenters. The van der Waals surface area contributed by atoms with Crippen LogP contribution in [0.5, 0.6) is 0 Å². The molecule has 3 rings (SSSR count). The van der Waals surface area contributed by atoms with Crippen LogP contribution in [0.15, 0.2) is 24.3 Å². The molecule has 156 valence electrons. The number of amides is 3. The summed E-state index contributed by atoms with van der Waals surface area (Å²) in [7, 11) is 0. The van der Waals surface area contributed by atoms with Crippen LogP contribution in [0.25, 0.3) is 0 Å². The van der Waals surface area contributed by atoms with E-state index in [0.29, 0.717) is 0 Å². The van der Waals surface area contributed by atoms with E-state index in [4.69, 9.17) is 4.74 Å². The van der Waals surface area contributed by atoms with Crippen LogP contribution in [0.1, 0.15) is 73.6 Å². The van der Waals surface area contributed by atoms with E-state index in [0.717, 1.165) is 30.6 Å². The Bertz CT molecular complexity index is 778. The second kappa shape index (κ2) is 8.76. The lowest BCUT2D eigenvalue weighted by molar-refractivity contribution is -0.160. The van der Waals surface area contributed by atoms with E-state index >= 15 is 0 Å². The minimum Gasteiger partial charge on any atom is -0.451 e. The first-order valence-electron chi connectivity index (χ1n) is 10.3. The van der Waals surface area contributed by atoms with Crippen molar-refractivity contribution in [2.45, 2.75) is 71.1 Å². The van der Waals surface area contributed by atoms with Gasteiger partial charge in [0.15, 0.2) is 6.10 Å². The van der Waals surface area contributed by atoms with Gasteiger partial charge in [-0.25, -0.2) is 4.79 Å². The Hall–Kier alpha value is -2.70. The van der Waals surface area contributed by atoms with Gasteiger partial charge < -0.3 is 10.1 Å². The molecule has 2 atom stereocenters. The molecule has 29 heavy (non-hydrogen) atoms. The van der Waals surface area contributed by atoms with Gasteiger partial charge in [-0.05, 0) is 37.8 Å². The van der Waals surface area contributed by atoms with Crippen LogP contribution in [-0.4, -0.2) is 46.8 Å². The summed E-state index contributed by atoms with van der Waals surface area (Å²) in [5.41, 5.74) is 0.554. The average molecular weight is 400 g/mol. The van der Waals surface area contributed by atoms with Crippen LogP contribution >= 0.6 is 0 Å². The predicted octanol–water partition coefficient (Wildman–Crippen LogP) is 2.69. The molecule has 0 radical (unpaired) electrons. The number of imide groups is 1. The SMILES string of the molecule is CC(C)[C@H](C(=O)O[C@H](C)C(=O)NC1CCCCC1)N1C(=O)c2ccccc2C1=O. The number of ether oxygens (including phenoxy) is 1. The summed E-state index contributed by atoms with van der Waals surface area (Å²) in [6, 6.07) is 5.50. The Balaban J connectivity index is 1.69. The molecular weight excluding hydrogens is 372 g/mol. The van der Waals surface area contributed by atoms with Crippen molar-refractivity contribution in [2.75, 3.05) is 0 Å². The number of benzene rings is 1. The molecule has 2 aliphatic rings. The summed E-state index contributed by atoms with van der Waals surface area (Å²) in [6.45, 7) is 4.99. The molecule has 1 aromatic rings. The summed E-state index contributed by atoms with van der Waals surface area (Å²) in [5.74, 6) is -2.49. The minimum absolute atomic E-state index is 0.106. The van der Waals surface area contributed by atoms with E-state index in [9.17, 15) is 19.2 Å². The maximum Gasteiger partial charge on any atom is 0.330 e. The van der Waals surface area contributed by atoms with E-state index < -0.39 is 29.9 Å². The maximum atomic E-state index is 12.9. The lowest BCUT2D eigenvalue weighted by atomic mass is 9.95. The molecule has 1 saturated carbocycles. The third kappa shape index (κ3) is 4.33. The average Bonchev–Trinajstić information content (AvgIpc) is 2.94. The van der Waals surface area contributed by atoms with Crippen LogP contribution in [0.4, 0.5) is 0 Å². The molecule has 3 amide bonds. The first kappa shape index (κ1) is 21.0. The van der Waals surface area contributed by atoms with Crippen molar-refractivity contribution in [3.05, 3.63) is 35.4 Å². The Labute approximate surface area is 170 Å². The molecule has 1 aliphatic heterocycles. The smallest absolute Gasteiger partial charge is 0.330 e. The summed E-state index contributed by atoms with van der Waals surface area (Å²) < 4.78 is 5.39. The number of esters is 1. The van der Waals surface area contributed by atoms with E-state index in [1.165, 1.54) is 13.3 Å². The molecular formula is C22H28N2O5. The second-order valence-corrected chi connectivity index (χ2v) is 8.14. The summed E-state index contributed by atoms with van der Waals surface area (Å²) in [6.07, 6.45) is 4.18. The summed E-state index contributed by atoms with van der Waals surface area (Å²) in [5, 5.41) is 2.93. The first-order chi connectivity index (χ1) is 13.8. The number of nitrogens with one attached hydrogen (secondary N) is 1. The molecule has 0 bridgehead atoms. The summed E-state index contributed by atoms with van der Waals surface area (Å²) in [4.78, 5) is 51.8. The predicted molar refractivity (Wildman–Crippen MR) is 106 cm³/mol. The van der Waals surface area contributed by atoms with Crippen molar-refractivity contribution in [1.82, 2.24) is 10.2 Å². The number of hydrogen-bond donors (Lipinski definition) is 1. The maximum absolute atomic E-state index is 12.9. The molecule has 7 nitrogen and oxygen atoms in total. The van der Waals surface area contributed by atoms with Gasteiger partial charge in [0.05, 0.1) is 11.1 Å². The van der Waals surface area contributed by atoms with Crippen LogP contribution < -0.4 is 5.32 Å². The number of nitrogens with zero attached hydrogens (tertiary/aromatic N) is 1. The third-order valence-electron chi connectivity index (χ3n) is 5.59. The van der Waals surface area contributed by atoms with Crippen molar-refractivity contribution in [1.29, 1.82) is 0 Å². The van der Waals surface area contributed by atoms with E-state index in [1.54, 1.807) is 38.1 Å². The molecule has 1 aromatic carbocycles. The number of carbonyl (C=O) groups excluding carboxylic acids is 4. The fraction of sp³-hybridized carbons (Fsp3) is 0.545. The summed E-state index contributed by atoms with van der Waals surface area (Å²) >= 11 is 0. The van der Waals surface area contributed by atoms with Crippen molar-refractivity contribution in [3.8, 4) is 0 Å². The standard InChI is InChI=1S/C22H28N2O5/c1-13(2)18(24-20(26)16-11-7-8-12-17(16)21(24)27)22(28)29-14(3)19(25)23-15-9-5-4-6-10-15/h7-8,11-15,18H,4-6,9-10H2,1-3H3,(H,23,25)/t14-,18-/m1/s1. The van der Waals surface area contributed by atoms with E-state index in [-0.39, 0.29) is 29.0 Å². The fourth-order valence-electron chi connectivity index (χ4n) is 4.00. The highest BCUT2D eigenvalue weighted by molar-refractivity contribution is 6.22. The highest BCUT2D eigenvalue weighted by Gasteiger charge is 2.45. The van der Waals surface area contributed by atoms with Crippen LogP contribution in [0.3, 0.4) is 0 Å². The van der Waals surface area contributed by atoms with Gasteiger partial charge in [0.1, 0.15) is 6.04 Å². The first-order valence-corrected chi connectivity index (χ1v) is 10.3. The third-order valence-corrected chi connectivity index (χ3v) is 5.59. The minimum atomic E-state index is -1.09. The van der Waals surface area contributed by atoms with Gasteiger partial charge in [-0.1, -0.05) is 45.2 Å². The van der Waals surface area contributed by atoms with Gasteiger partial charge in [0.25, 0.3) is 17.7 Å². The van der Waals surface area contributed by atoms with Crippen molar-refractivity contribution in [3.63, 3.8) is 0 Å². The van der Waals surface area contributed by atoms with Crippen molar-refractivity contribution < 1.29 is 23.9 Å². The fourth-order valence-corrected chi connectivity index (χ4v) is 4.00. The number of carbonyl (C=O) groups is 4. The number of rotatable bonds is 6. The monoisotopic (exact) mass is 400 g/mol. The van der Waals surface area contributed by atoms with Crippen LogP contribution in [0, 0.1) is 5.92 Å². The Morgan fingerprint density at radius 3 is 2.07 bits per heavy atom. The van der Waals surface area contributed by atoms with Crippen LogP contribution in [-0.2, 0) is 14.3 Å². The second-order valence-electron chi connectivity index (χ2n) is 8.14. The molecule has 1 aliphatic carbocycles. The zero-order valence-electron chi connectivity index (χ0n) is 17.1. The van der Waals surface area contributed by atoms with Crippen molar-refractivity contribution in [2.24, 2.45) is 5.92 Å². The highest BCUT2D eigenvalue weighted by Crippen LogP contribution is 2.28. The van der Waals surface area contributed by atoms with Crippen molar-refractivity contribution >= 4 is 23.7 Å². The Morgan fingerprint density at radius 1 is 1.00 bits per heavy atom. The Kier molecular flexibility index (Phi) is 6.35. The Morgan fingerprint density at radius 2 is 1.55 bits per heavy atom. The molecule has 1 heterocycles. The van der Waals surface area contributed by atoms with Gasteiger partial charge >= 0.3 is 5.97 Å². The van der Waals surface area contributed by atoms with E-state index in [1.807, 2.05) is 0 Å². The topological polar surface area (TPSA) is 92.8 Å². The lowest BCUT2D eigenvalue weighted by Gasteiger charge is -2.29. The molecule has 0 spiro atoms. The quantitative estimate of drug-likeness (QED) is 0.585. The lowest BCUT2D eigenvalue weighted by Crippen LogP contribution is -2.51. The van der Waals surface area contributed by atoms with E-state index in [2.05, 4.69) is 5.32 Å². The zero-order chi connectivity index (χ0) is 21.1. The van der Waals surface area contributed by atoms with Gasteiger partial charge in [0.2, 0.25) is 0 Å². The zero-order valence-corrected chi connectivity index (χ0v) is 17.1. The van der Waals surface area contributed by atoms with Crippen LogP contribution in [0.2, 0.25) is 0 Å². The molecule has 1 N–H and O–H groups in total. The highest BCUT2D eigenvalue weighted by atomic mass is 16.5. The van der Waals surface area contributed by atoms with Gasteiger partial charge in [-0.15, -0.1) is 0 Å². The normalized spacial score (nSPS) is 19.1. The van der Waals surface area contributed by atoms with Gasteiger partial charge in [0, 0.05) is 6.04 Å². The van der Waals surface area contributed by atoms with Gasteiger partial charge in [-0.3, -0.25) is 19.3 Å². The largest absolute Gasteiger partial charge is 0.451 e. The van der Waals surface area contributed by atoms with Gasteiger partial charge in [-0.2, -0.15) is 0 Å².